The molecule has 0 amide bonds. The van der Waals surface area contributed by atoms with E-state index in [1.165, 1.54) is 27.1 Å². The molecule has 1 aliphatic heterocycles. The molecule has 0 radical (unpaired) electrons. The molecule has 1 fully saturated rings. The molecule has 0 spiro atoms. The van der Waals surface area contributed by atoms with Crippen molar-refractivity contribution in [2.45, 2.75) is 45.2 Å². The summed E-state index contributed by atoms with van der Waals surface area (Å²) in [6.07, 6.45) is -2.59. The van der Waals surface area contributed by atoms with Gasteiger partial charge in [-0.25, -0.2) is 9.97 Å². The van der Waals surface area contributed by atoms with Gasteiger partial charge in [0, 0.05) is 20.8 Å². The standard InChI is InChI=1S/C16H17ClN4O7/c1-6(22)25-4-9-13(26-7(2)23)15(27-8(3)24)14(28-9)11-10-12(21-20-11)16(17)19-5-18-10/h5,9,13-15H,4H2,1-3H3,(H,20,21)/t9-,13-,14-,15-/m0/s1. The molecule has 3 rings (SSSR count). The van der Waals surface area contributed by atoms with Crippen molar-refractivity contribution in [2.24, 2.45) is 0 Å². The zero-order valence-electron chi connectivity index (χ0n) is 15.2. The second kappa shape index (κ2) is 8.07. The Labute approximate surface area is 163 Å². The highest BCUT2D eigenvalue weighted by Gasteiger charge is 2.51. The van der Waals surface area contributed by atoms with E-state index in [1.807, 2.05) is 0 Å². The molecule has 1 N–H and O–H groups in total. The number of esters is 3. The second-order valence-electron chi connectivity index (χ2n) is 6.04. The maximum absolute atomic E-state index is 11.7. The largest absolute Gasteiger partial charge is 0.463 e. The number of carbonyl (C=O) groups is 3. The molecule has 2 aromatic heterocycles. The quantitative estimate of drug-likeness (QED) is 0.426. The van der Waals surface area contributed by atoms with Gasteiger partial charge in [-0.05, 0) is 0 Å². The summed E-state index contributed by atoms with van der Waals surface area (Å²) in [5, 5.41) is 6.95. The van der Waals surface area contributed by atoms with E-state index in [0.29, 0.717) is 16.7 Å². The van der Waals surface area contributed by atoms with Gasteiger partial charge in [0.15, 0.2) is 17.4 Å². The molecule has 0 aromatic carbocycles. The molecular weight excluding hydrogens is 396 g/mol. The van der Waals surface area contributed by atoms with Crippen LogP contribution in [0.5, 0.6) is 0 Å². The molecule has 1 saturated heterocycles. The summed E-state index contributed by atoms with van der Waals surface area (Å²) in [5.41, 5.74) is 1.02. The molecule has 1 aliphatic rings. The Hall–Kier alpha value is -2.79. The molecule has 11 nitrogen and oxygen atoms in total. The molecule has 0 bridgehead atoms. The Bertz CT molecular complexity index is 918. The number of ether oxygens (including phenoxy) is 4. The highest BCUT2D eigenvalue weighted by Crippen LogP contribution is 2.39. The molecule has 2 aromatic rings. The zero-order valence-corrected chi connectivity index (χ0v) is 15.9. The average Bonchev–Trinajstić information content (AvgIpc) is 3.16. The van der Waals surface area contributed by atoms with Gasteiger partial charge in [0.25, 0.3) is 0 Å². The first kappa shape index (κ1) is 20.0. The van der Waals surface area contributed by atoms with Crippen molar-refractivity contribution >= 4 is 40.5 Å². The van der Waals surface area contributed by atoms with Gasteiger partial charge in [0.1, 0.15) is 36.2 Å². The molecule has 0 aliphatic carbocycles. The van der Waals surface area contributed by atoms with Crippen molar-refractivity contribution in [3.63, 3.8) is 0 Å². The molecule has 4 atom stereocenters. The summed E-state index contributed by atoms with van der Waals surface area (Å²) >= 11 is 6.02. The third kappa shape index (κ3) is 4.04. The zero-order chi connectivity index (χ0) is 20.4. The Balaban J connectivity index is 2.01. The number of fused-ring (bicyclic) bond motifs is 1. The van der Waals surface area contributed by atoms with Crippen LogP contribution < -0.4 is 0 Å². The van der Waals surface area contributed by atoms with Crippen molar-refractivity contribution in [3.05, 3.63) is 17.2 Å². The Morgan fingerprint density at radius 1 is 1.07 bits per heavy atom. The van der Waals surface area contributed by atoms with Gasteiger partial charge in [0.2, 0.25) is 0 Å². The van der Waals surface area contributed by atoms with Gasteiger partial charge >= 0.3 is 17.9 Å². The van der Waals surface area contributed by atoms with E-state index in [9.17, 15) is 14.4 Å². The summed E-state index contributed by atoms with van der Waals surface area (Å²) < 4.78 is 21.6. The van der Waals surface area contributed by atoms with E-state index in [-0.39, 0.29) is 11.8 Å². The van der Waals surface area contributed by atoms with E-state index in [0.717, 1.165) is 0 Å². The molecule has 0 unspecified atom stereocenters. The van der Waals surface area contributed by atoms with Crippen LogP contribution in [-0.2, 0) is 33.3 Å². The lowest BCUT2D eigenvalue weighted by Crippen LogP contribution is -2.40. The van der Waals surface area contributed by atoms with Crippen LogP contribution in [0, 0.1) is 0 Å². The van der Waals surface area contributed by atoms with Gasteiger partial charge in [-0.15, -0.1) is 0 Å². The van der Waals surface area contributed by atoms with E-state index in [4.69, 9.17) is 30.5 Å². The van der Waals surface area contributed by atoms with Crippen LogP contribution >= 0.6 is 11.6 Å². The smallest absolute Gasteiger partial charge is 0.303 e. The van der Waals surface area contributed by atoms with Gasteiger partial charge in [0.05, 0.1) is 5.69 Å². The predicted molar refractivity (Wildman–Crippen MR) is 92.0 cm³/mol. The number of nitrogens with zero attached hydrogens (tertiary/aromatic N) is 3. The number of hydrogen-bond acceptors (Lipinski definition) is 10. The van der Waals surface area contributed by atoms with Gasteiger partial charge in [-0.1, -0.05) is 11.6 Å². The van der Waals surface area contributed by atoms with Gasteiger partial charge in [-0.3, -0.25) is 19.5 Å². The van der Waals surface area contributed by atoms with E-state index in [2.05, 4.69) is 20.2 Å². The predicted octanol–water partition coefficient (Wildman–Crippen LogP) is 0.873. The Morgan fingerprint density at radius 3 is 2.39 bits per heavy atom. The van der Waals surface area contributed by atoms with Gasteiger partial charge < -0.3 is 18.9 Å². The topological polar surface area (TPSA) is 143 Å². The lowest BCUT2D eigenvalue weighted by molar-refractivity contribution is -0.165. The van der Waals surface area contributed by atoms with Crippen molar-refractivity contribution in [1.29, 1.82) is 0 Å². The fourth-order valence-electron chi connectivity index (χ4n) is 2.97. The number of aromatic nitrogens is 4. The molecular formula is C16H17ClN4O7. The van der Waals surface area contributed by atoms with Crippen LogP contribution in [0.1, 0.15) is 32.6 Å². The number of hydrogen-bond donors (Lipinski definition) is 1. The highest BCUT2D eigenvalue weighted by molar-refractivity contribution is 6.33. The number of halogens is 1. The highest BCUT2D eigenvalue weighted by atomic mass is 35.5. The lowest BCUT2D eigenvalue weighted by Gasteiger charge is -2.23. The summed E-state index contributed by atoms with van der Waals surface area (Å²) in [7, 11) is 0. The van der Waals surface area contributed by atoms with Crippen molar-refractivity contribution in [3.8, 4) is 0 Å². The van der Waals surface area contributed by atoms with Crippen LogP contribution in [0.2, 0.25) is 5.15 Å². The Kier molecular flexibility index (Phi) is 5.75. The number of carbonyl (C=O) groups excluding carboxylic acids is 3. The third-order valence-corrected chi connectivity index (χ3v) is 4.25. The molecule has 12 heteroatoms. The minimum Gasteiger partial charge on any atom is -0.463 e. The average molecular weight is 413 g/mol. The molecule has 0 saturated carbocycles. The maximum Gasteiger partial charge on any atom is 0.303 e. The van der Waals surface area contributed by atoms with Gasteiger partial charge in [-0.2, -0.15) is 5.10 Å². The van der Waals surface area contributed by atoms with E-state index >= 15 is 0 Å². The first-order valence-corrected chi connectivity index (χ1v) is 8.63. The maximum atomic E-state index is 11.7. The molecule has 150 valence electrons. The number of nitrogens with one attached hydrogen (secondary N) is 1. The lowest BCUT2D eigenvalue weighted by atomic mass is 10.0. The number of aromatic amines is 1. The summed E-state index contributed by atoms with van der Waals surface area (Å²) in [6.45, 7) is 3.45. The second-order valence-corrected chi connectivity index (χ2v) is 6.40. The monoisotopic (exact) mass is 412 g/mol. The van der Waals surface area contributed by atoms with Crippen LogP contribution in [0.4, 0.5) is 0 Å². The minimum absolute atomic E-state index is 0.127. The first-order valence-electron chi connectivity index (χ1n) is 8.25. The summed E-state index contributed by atoms with van der Waals surface area (Å²) in [6, 6.07) is 0. The van der Waals surface area contributed by atoms with Crippen molar-refractivity contribution in [1.82, 2.24) is 20.2 Å². The molecule has 3 heterocycles. The van der Waals surface area contributed by atoms with E-state index in [1.54, 1.807) is 0 Å². The van der Waals surface area contributed by atoms with Crippen molar-refractivity contribution in [2.75, 3.05) is 6.61 Å². The van der Waals surface area contributed by atoms with Crippen molar-refractivity contribution < 1.29 is 33.3 Å². The van der Waals surface area contributed by atoms with Crippen LogP contribution in [-0.4, -0.2) is 63.0 Å². The fraction of sp³-hybridized carbons (Fsp3) is 0.500. The van der Waals surface area contributed by atoms with Crippen LogP contribution in [0.25, 0.3) is 11.0 Å². The SMILES string of the molecule is CC(=O)OC[C@@H]1O[C@@H](c2[nH]nc3c(Cl)ncnc23)[C@@H](OC(C)=O)[C@H]1OC(C)=O. The third-order valence-electron chi connectivity index (χ3n) is 3.97. The van der Waals surface area contributed by atoms with Crippen LogP contribution in [0.15, 0.2) is 6.33 Å². The summed E-state index contributed by atoms with van der Waals surface area (Å²) in [4.78, 5) is 42.4. The minimum atomic E-state index is -1.03. The number of rotatable bonds is 5. The normalized spacial score (nSPS) is 24.1. The summed E-state index contributed by atoms with van der Waals surface area (Å²) in [5.74, 6) is -1.76. The Morgan fingerprint density at radius 2 is 1.75 bits per heavy atom. The first-order chi connectivity index (χ1) is 13.3. The fourth-order valence-corrected chi connectivity index (χ4v) is 3.14. The molecule has 28 heavy (non-hydrogen) atoms. The number of H-pyrrole nitrogens is 1. The van der Waals surface area contributed by atoms with E-state index < -0.39 is 42.3 Å². The van der Waals surface area contributed by atoms with Crippen LogP contribution in [0.3, 0.4) is 0 Å².